The van der Waals surface area contributed by atoms with Crippen molar-refractivity contribution in [2.45, 2.75) is 44.1 Å². The first-order valence-electron chi connectivity index (χ1n) is 6.92. The molecule has 2 aliphatic carbocycles. The number of carbonyl (C=O) groups is 1. The van der Waals surface area contributed by atoms with Crippen LogP contribution in [-0.4, -0.2) is 17.2 Å². The average Bonchev–Trinajstić information content (AvgIpc) is 3.23. The molecule has 1 aromatic rings. The minimum Gasteiger partial charge on any atom is -0.489 e. The molecule has 1 N–H and O–H groups in total. The largest absolute Gasteiger partial charge is 0.489 e. The highest BCUT2D eigenvalue weighted by Gasteiger charge is 2.37. The average molecular weight is 299 g/mol. The number of aliphatic carboxylic acids is 1. The molecule has 1 atom stereocenters. The fraction of sp³-hybridized carbons (Fsp3) is 0.533. The monoisotopic (exact) mass is 298 g/mol. The van der Waals surface area contributed by atoms with Gasteiger partial charge in [0.2, 0.25) is 0 Å². The summed E-state index contributed by atoms with van der Waals surface area (Å²) in [6, 6.07) is 2.61. The van der Waals surface area contributed by atoms with Crippen molar-refractivity contribution in [2.24, 2.45) is 5.92 Å². The fourth-order valence-corrected chi connectivity index (χ4v) is 2.81. The van der Waals surface area contributed by atoms with Crippen molar-refractivity contribution in [3.05, 3.63) is 28.5 Å². The van der Waals surface area contributed by atoms with Gasteiger partial charge in [0.25, 0.3) is 0 Å². The van der Waals surface area contributed by atoms with E-state index >= 15 is 0 Å². The molecule has 0 aromatic heterocycles. The molecular weight excluding hydrogens is 283 g/mol. The summed E-state index contributed by atoms with van der Waals surface area (Å²) in [4.78, 5) is 11.1. The molecule has 0 bridgehead atoms. The van der Waals surface area contributed by atoms with Gasteiger partial charge in [0.15, 0.2) is 0 Å². The van der Waals surface area contributed by atoms with Crippen LogP contribution in [0.4, 0.5) is 4.39 Å². The zero-order valence-corrected chi connectivity index (χ0v) is 11.7. The lowest BCUT2D eigenvalue weighted by Gasteiger charge is -2.20. The van der Waals surface area contributed by atoms with Crippen molar-refractivity contribution in [1.82, 2.24) is 0 Å². The van der Waals surface area contributed by atoms with E-state index in [1.54, 1.807) is 0 Å². The van der Waals surface area contributed by atoms with Crippen molar-refractivity contribution in [1.29, 1.82) is 0 Å². The van der Waals surface area contributed by atoms with Crippen molar-refractivity contribution in [3.8, 4) is 5.75 Å². The van der Waals surface area contributed by atoms with E-state index in [1.807, 2.05) is 0 Å². The third kappa shape index (κ3) is 3.06. The smallest absolute Gasteiger partial charge is 0.303 e. The van der Waals surface area contributed by atoms with Crippen molar-refractivity contribution >= 4 is 17.6 Å². The molecule has 0 saturated heterocycles. The van der Waals surface area contributed by atoms with E-state index < -0.39 is 11.8 Å². The summed E-state index contributed by atoms with van der Waals surface area (Å²) in [5.41, 5.74) is 0.617. The molecule has 108 valence electrons. The molecule has 0 radical (unpaired) electrons. The maximum atomic E-state index is 13.7. The summed E-state index contributed by atoms with van der Waals surface area (Å²) in [6.07, 6.45) is 4.04. The van der Waals surface area contributed by atoms with Crippen LogP contribution in [0.25, 0.3) is 0 Å². The summed E-state index contributed by atoms with van der Waals surface area (Å²) >= 11 is 6.10. The maximum absolute atomic E-state index is 13.7. The molecule has 0 heterocycles. The highest BCUT2D eigenvalue weighted by atomic mass is 35.5. The van der Waals surface area contributed by atoms with E-state index in [9.17, 15) is 9.18 Å². The fourth-order valence-electron chi connectivity index (χ4n) is 2.55. The van der Waals surface area contributed by atoms with E-state index in [0.29, 0.717) is 17.2 Å². The number of hydrogen-bond acceptors (Lipinski definition) is 2. The van der Waals surface area contributed by atoms with Crippen LogP contribution >= 0.6 is 11.6 Å². The Bertz CT molecular complexity index is 538. The Morgan fingerprint density at radius 3 is 2.65 bits per heavy atom. The zero-order chi connectivity index (χ0) is 14.3. The molecule has 1 unspecified atom stereocenters. The van der Waals surface area contributed by atoms with Gasteiger partial charge in [-0.1, -0.05) is 11.6 Å². The quantitative estimate of drug-likeness (QED) is 0.864. The molecule has 2 aliphatic rings. The molecule has 3 rings (SSSR count). The van der Waals surface area contributed by atoms with Gasteiger partial charge in [-0.2, -0.15) is 0 Å². The van der Waals surface area contributed by atoms with Gasteiger partial charge in [0, 0.05) is 11.5 Å². The van der Waals surface area contributed by atoms with Crippen LogP contribution < -0.4 is 4.74 Å². The summed E-state index contributed by atoms with van der Waals surface area (Å²) in [7, 11) is 0. The number of carboxylic acids is 1. The van der Waals surface area contributed by atoms with Gasteiger partial charge in [-0.15, -0.1) is 0 Å². The lowest BCUT2D eigenvalue weighted by Crippen LogP contribution is -2.11. The molecular formula is C15H16ClFO3. The zero-order valence-electron chi connectivity index (χ0n) is 10.9. The second kappa shape index (κ2) is 5.24. The number of hydrogen-bond donors (Lipinski definition) is 1. The number of benzene rings is 1. The van der Waals surface area contributed by atoms with Crippen LogP contribution in [0.2, 0.25) is 5.02 Å². The molecule has 2 saturated carbocycles. The first-order chi connectivity index (χ1) is 9.54. The molecule has 20 heavy (non-hydrogen) atoms. The first kappa shape index (κ1) is 13.7. The molecule has 0 aliphatic heterocycles. The van der Waals surface area contributed by atoms with Crippen LogP contribution in [-0.2, 0) is 4.79 Å². The van der Waals surface area contributed by atoms with E-state index in [1.165, 1.54) is 12.1 Å². The van der Waals surface area contributed by atoms with Crippen LogP contribution in [0, 0.1) is 11.7 Å². The highest BCUT2D eigenvalue weighted by Crippen LogP contribution is 2.49. The van der Waals surface area contributed by atoms with Gasteiger partial charge in [-0.05, 0) is 43.7 Å². The topological polar surface area (TPSA) is 46.5 Å². The van der Waals surface area contributed by atoms with Crippen LogP contribution in [0.1, 0.15) is 43.6 Å². The summed E-state index contributed by atoms with van der Waals surface area (Å²) in [6.45, 7) is 0. The second-order valence-corrected chi connectivity index (χ2v) is 6.07. The van der Waals surface area contributed by atoms with E-state index in [2.05, 4.69) is 0 Å². The second-order valence-electron chi connectivity index (χ2n) is 5.66. The molecule has 3 nitrogen and oxygen atoms in total. The Labute approximate surface area is 121 Å². The number of halogens is 2. The molecule has 1 aromatic carbocycles. The summed E-state index contributed by atoms with van der Waals surface area (Å²) < 4.78 is 19.4. The summed E-state index contributed by atoms with van der Waals surface area (Å²) in [5, 5.41) is 9.32. The highest BCUT2D eigenvalue weighted by molar-refractivity contribution is 6.32. The normalized spacial score (nSPS) is 19.7. The van der Waals surface area contributed by atoms with Gasteiger partial charge < -0.3 is 9.84 Å². The van der Waals surface area contributed by atoms with Crippen LogP contribution in [0.15, 0.2) is 12.1 Å². The lowest BCUT2D eigenvalue weighted by atomic mass is 9.90. The third-order valence-corrected chi connectivity index (χ3v) is 4.11. The SMILES string of the molecule is O=C(O)CC(c1cc(F)cc(Cl)c1OC1CC1)C1CC1. The predicted octanol–water partition coefficient (Wildman–Crippen LogP) is 3.99. The van der Waals surface area contributed by atoms with Crippen molar-refractivity contribution in [2.75, 3.05) is 0 Å². The van der Waals surface area contributed by atoms with E-state index in [-0.39, 0.29) is 23.5 Å². The van der Waals surface area contributed by atoms with Gasteiger partial charge in [0.05, 0.1) is 17.5 Å². The first-order valence-corrected chi connectivity index (χ1v) is 7.29. The predicted molar refractivity (Wildman–Crippen MR) is 72.8 cm³/mol. The Kier molecular flexibility index (Phi) is 3.59. The minimum absolute atomic E-state index is 0.00846. The third-order valence-electron chi connectivity index (χ3n) is 3.83. The van der Waals surface area contributed by atoms with Gasteiger partial charge in [0.1, 0.15) is 11.6 Å². The molecule has 0 spiro atoms. The maximum Gasteiger partial charge on any atom is 0.303 e. The van der Waals surface area contributed by atoms with Gasteiger partial charge >= 0.3 is 5.97 Å². The Balaban J connectivity index is 1.97. The van der Waals surface area contributed by atoms with Gasteiger partial charge in [-0.3, -0.25) is 4.79 Å². The van der Waals surface area contributed by atoms with E-state index in [4.69, 9.17) is 21.4 Å². The summed E-state index contributed by atoms with van der Waals surface area (Å²) in [5.74, 6) is -0.752. The number of carboxylic acid groups (broad SMARTS) is 1. The number of ether oxygens (including phenoxy) is 1. The van der Waals surface area contributed by atoms with Crippen molar-refractivity contribution < 1.29 is 19.0 Å². The van der Waals surface area contributed by atoms with E-state index in [0.717, 1.165) is 25.7 Å². The Hall–Kier alpha value is -1.29. The molecule has 0 amide bonds. The standard InChI is InChI=1S/C15H16ClFO3/c16-13-6-9(17)5-12(15(13)20-10-3-4-10)11(7-14(18)19)8-1-2-8/h5-6,8,10-11H,1-4,7H2,(H,18,19). The number of rotatable bonds is 6. The van der Waals surface area contributed by atoms with Crippen molar-refractivity contribution in [3.63, 3.8) is 0 Å². The van der Waals surface area contributed by atoms with Crippen LogP contribution in [0.5, 0.6) is 5.75 Å². The van der Waals surface area contributed by atoms with Gasteiger partial charge in [-0.25, -0.2) is 4.39 Å². The Morgan fingerprint density at radius 1 is 1.40 bits per heavy atom. The minimum atomic E-state index is -0.875. The van der Waals surface area contributed by atoms with Crippen LogP contribution in [0.3, 0.4) is 0 Å². The lowest BCUT2D eigenvalue weighted by molar-refractivity contribution is -0.137. The molecule has 2 fully saturated rings. The Morgan fingerprint density at radius 2 is 2.10 bits per heavy atom. The molecule has 5 heteroatoms.